The second-order valence-electron chi connectivity index (χ2n) is 3.52. The molecule has 0 aliphatic heterocycles. The summed E-state index contributed by atoms with van der Waals surface area (Å²) in [6.45, 7) is 9.42. The number of hydrogen-bond acceptors (Lipinski definition) is 1. The van der Waals surface area contributed by atoms with Gasteiger partial charge in [0.25, 0.3) is 0 Å². The Balaban J connectivity index is 3.98. The normalized spacial score (nSPS) is 14.3. The molecule has 0 amide bonds. The minimum atomic E-state index is 0.171. The summed E-state index contributed by atoms with van der Waals surface area (Å²) in [6, 6.07) is 0.192. The zero-order valence-electron chi connectivity index (χ0n) is 7.36. The van der Waals surface area contributed by atoms with Gasteiger partial charge in [-0.15, -0.1) is 6.42 Å². The number of terminal acetylenes is 1. The van der Waals surface area contributed by atoms with Crippen molar-refractivity contribution in [2.75, 3.05) is 6.54 Å². The van der Waals surface area contributed by atoms with Gasteiger partial charge in [0.2, 0.25) is 0 Å². The van der Waals surface area contributed by atoms with E-state index in [0.717, 1.165) is 6.54 Å². The quantitative estimate of drug-likeness (QED) is 0.573. The average Bonchev–Trinajstić information content (AvgIpc) is 1.80. The van der Waals surface area contributed by atoms with Crippen LogP contribution >= 0.6 is 0 Å². The third kappa shape index (κ3) is 2.89. The van der Waals surface area contributed by atoms with Crippen LogP contribution in [0.25, 0.3) is 0 Å². The van der Waals surface area contributed by atoms with Gasteiger partial charge in [0.05, 0.1) is 6.04 Å². The van der Waals surface area contributed by atoms with Crippen LogP contribution in [0.5, 0.6) is 0 Å². The van der Waals surface area contributed by atoms with Gasteiger partial charge >= 0.3 is 0 Å². The molecule has 1 heteroatoms. The van der Waals surface area contributed by atoms with E-state index in [-0.39, 0.29) is 11.5 Å². The number of hydrogen-bond donors (Lipinski definition) is 1. The second kappa shape index (κ2) is 3.63. The van der Waals surface area contributed by atoms with Crippen molar-refractivity contribution in [3.05, 3.63) is 0 Å². The van der Waals surface area contributed by atoms with Crippen molar-refractivity contribution in [3.63, 3.8) is 0 Å². The van der Waals surface area contributed by atoms with Crippen molar-refractivity contribution in [2.24, 2.45) is 5.41 Å². The van der Waals surface area contributed by atoms with Crippen molar-refractivity contribution in [2.45, 2.75) is 33.7 Å². The van der Waals surface area contributed by atoms with Crippen molar-refractivity contribution < 1.29 is 0 Å². The predicted molar refractivity (Wildman–Crippen MR) is 45.8 cm³/mol. The maximum atomic E-state index is 5.33. The molecule has 0 aromatic heterocycles. The lowest BCUT2D eigenvalue weighted by Gasteiger charge is -2.26. The molecule has 1 unspecified atom stereocenters. The molecule has 1 atom stereocenters. The molecule has 0 aromatic carbocycles. The van der Waals surface area contributed by atoms with Gasteiger partial charge in [0.1, 0.15) is 0 Å². The number of rotatable bonds is 2. The van der Waals surface area contributed by atoms with Crippen molar-refractivity contribution in [1.29, 1.82) is 0 Å². The van der Waals surface area contributed by atoms with E-state index < -0.39 is 0 Å². The summed E-state index contributed by atoms with van der Waals surface area (Å²) in [5.74, 6) is 2.73. The number of nitrogens with one attached hydrogen (secondary N) is 1. The Morgan fingerprint density at radius 3 is 2.10 bits per heavy atom. The highest BCUT2D eigenvalue weighted by Crippen LogP contribution is 2.17. The van der Waals surface area contributed by atoms with Crippen molar-refractivity contribution >= 4 is 0 Å². The third-order valence-electron chi connectivity index (χ3n) is 1.44. The molecule has 0 aromatic rings. The standard InChI is InChI=1S/C9H17N/c1-6-8(10-7-2)9(3,4)5/h1,8,10H,7H2,2-5H3. The molecule has 0 fully saturated rings. The van der Waals surface area contributed by atoms with Gasteiger partial charge in [0.15, 0.2) is 0 Å². The first kappa shape index (κ1) is 9.52. The van der Waals surface area contributed by atoms with Crippen LogP contribution < -0.4 is 5.32 Å². The molecule has 1 nitrogen and oxygen atoms in total. The molecule has 0 aliphatic rings. The Bertz CT molecular complexity index is 125. The molecular formula is C9H17N. The van der Waals surface area contributed by atoms with Crippen LogP contribution in [0.15, 0.2) is 0 Å². The lowest BCUT2D eigenvalue weighted by atomic mass is 9.87. The van der Waals surface area contributed by atoms with E-state index in [9.17, 15) is 0 Å². The first-order chi connectivity index (χ1) is 4.52. The van der Waals surface area contributed by atoms with Gasteiger partial charge in [-0.1, -0.05) is 33.6 Å². The first-order valence-corrected chi connectivity index (χ1v) is 3.72. The Morgan fingerprint density at radius 1 is 1.50 bits per heavy atom. The molecule has 0 saturated heterocycles. The van der Waals surface area contributed by atoms with Gasteiger partial charge in [-0.2, -0.15) is 0 Å². The summed E-state index contributed by atoms with van der Waals surface area (Å²) >= 11 is 0. The van der Waals surface area contributed by atoms with Gasteiger partial charge in [-0.05, 0) is 12.0 Å². The van der Waals surface area contributed by atoms with E-state index in [2.05, 4.69) is 38.9 Å². The molecule has 0 spiro atoms. The van der Waals surface area contributed by atoms with E-state index in [1.807, 2.05) is 0 Å². The van der Waals surface area contributed by atoms with Gasteiger partial charge in [-0.3, -0.25) is 0 Å². The third-order valence-corrected chi connectivity index (χ3v) is 1.44. The summed E-state index contributed by atoms with van der Waals surface area (Å²) in [5, 5.41) is 3.24. The largest absolute Gasteiger partial charge is 0.304 e. The minimum absolute atomic E-state index is 0.171. The molecular weight excluding hydrogens is 122 g/mol. The zero-order chi connectivity index (χ0) is 8.20. The van der Waals surface area contributed by atoms with Gasteiger partial charge in [-0.25, -0.2) is 0 Å². The maximum absolute atomic E-state index is 5.33. The summed E-state index contributed by atoms with van der Waals surface area (Å²) < 4.78 is 0. The van der Waals surface area contributed by atoms with E-state index in [4.69, 9.17) is 6.42 Å². The van der Waals surface area contributed by atoms with Crippen molar-refractivity contribution in [3.8, 4) is 12.3 Å². The van der Waals surface area contributed by atoms with Crippen LogP contribution in [0.2, 0.25) is 0 Å². The maximum Gasteiger partial charge on any atom is 0.0735 e. The predicted octanol–water partition coefficient (Wildman–Crippen LogP) is 1.64. The molecule has 58 valence electrons. The van der Waals surface area contributed by atoms with Crippen LogP contribution in [0, 0.1) is 17.8 Å². The van der Waals surface area contributed by atoms with Gasteiger partial charge in [0, 0.05) is 0 Å². The highest BCUT2D eigenvalue weighted by molar-refractivity contribution is 5.04. The molecule has 0 aliphatic carbocycles. The summed E-state index contributed by atoms with van der Waals surface area (Å²) in [7, 11) is 0. The van der Waals surface area contributed by atoms with E-state index >= 15 is 0 Å². The van der Waals surface area contributed by atoms with Crippen molar-refractivity contribution in [1.82, 2.24) is 5.32 Å². The molecule has 0 saturated carbocycles. The monoisotopic (exact) mass is 139 g/mol. The molecule has 1 N–H and O–H groups in total. The highest BCUT2D eigenvalue weighted by Gasteiger charge is 2.20. The van der Waals surface area contributed by atoms with Crippen LogP contribution in [0.1, 0.15) is 27.7 Å². The fraction of sp³-hybridized carbons (Fsp3) is 0.778. The van der Waals surface area contributed by atoms with E-state index in [1.165, 1.54) is 0 Å². The van der Waals surface area contributed by atoms with Crippen LogP contribution in [-0.4, -0.2) is 12.6 Å². The second-order valence-corrected chi connectivity index (χ2v) is 3.52. The minimum Gasteiger partial charge on any atom is -0.304 e. The SMILES string of the molecule is C#CC(NCC)C(C)(C)C. The fourth-order valence-electron chi connectivity index (χ4n) is 0.819. The smallest absolute Gasteiger partial charge is 0.0735 e. The zero-order valence-corrected chi connectivity index (χ0v) is 7.36. The van der Waals surface area contributed by atoms with Crippen LogP contribution in [-0.2, 0) is 0 Å². The molecule has 0 bridgehead atoms. The lowest BCUT2D eigenvalue weighted by Crippen LogP contribution is -2.38. The fourth-order valence-corrected chi connectivity index (χ4v) is 0.819. The van der Waals surface area contributed by atoms with Gasteiger partial charge < -0.3 is 5.32 Å². The Kier molecular flexibility index (Phi) is 3.46. The highest BCUT2D eigenvalue weighted by atomic mass is 14.9. The summed E-state index contributed by atoms with van der Waals surface area (Å²) in [5.41, 5.74) is 0.171. The Hall–Kier alpha value is -0.480. The molecule has 0 heterocycles. The van der Waals surface area contributed by atoms with E-state index in [0.29, 0.717) is 0 Å². The molecule has 0 radical (unpaired) electrons. The Morgan fingerprint density at radius 2 is 2.00 bits per heavy atom. The Labute approximate surface area is 64.2 Å². The summed E-state index contributed by atoms with van der Waals surface area (Å²) in [6.07, 6.45) is 5.33. The summed E-state index contributed by atoms with van der Waals surface area (Å²) in [4.78, 5) is 0. The topological polar surface area (TPSA) is 12.0 Å². The van der Waals surface area contributed by atoms with E-state index in [1.54, 1.807) is 0 Å². The molecule has 0 rings (SSSR count). The van der Waals surface area contributed by atoms with Crippen LogP contribution in [0.4, 0.5) is 0 Å². The van der Waals surface area contributed by atoms with Crippen LogP contribution in [0.3, 0.4) is 0 Å². The lowest BCUT2D eigenvalue weighted by molar-refractivity contribution is 0.327. The average molecular weight is 139 g/mol. The first-order valence-electron chi connectivity index (χ1n) is 3.72. The molecule has 10 heavy (non-hydrogen) atoms.